The molecule has 3 heteroatoms. The molecule has 0 saturated carbocycles. The van der Waals surface area contributed by atoms with E-state index < -0.39 is 5.97 Å². The van der Waals surface area contributed by atoms with Gasteiger partial charge >= 0.3 is 5.97 Å². The zero-order chi connectivity index (χ0) is 14.7. The molecule has 0 fully saturated rings. The predicted molar refractivity (Wildman–Crippen MR) is 84.1 cm³/mol. The second-order valence-electron chi connectivity index (χ2n) is 5.47. The Kier molecular flexibility index (Phi) is 3.91. The van der Waals surface area contributed by atoms with Crippen LogP contribution in [0.3, 0.4) is 0 Å². The van der Waals surface area contributed by atoms with Crippen LogP contribution in [-0.4, -0.2) is 24.2 Å². The van der Waals surface area contributed by atoms with E-state index >= 15 is 0 Å². The normalized spacial score (nSPS) is 13.2. The fourth-order valence-electron chi connectivity index (χ4n) is 2.95. The lowest BCUT2D eigenvalue weighted by Gasteiger charge is -2.19. The molecule has 1 aliphatic rings. The minimum absolute atomic E-state index is 0.389. The maximum Gasteiger partial charge on any atom is 0.335 e. The Hall–Kier alpha value is -2.29. The van der Waals surface area contributed by atoms with Gasteiger partial charge in [-0.15, -0.1) is 0 Å². The maximum absolute atomic E-state index is 11.0. The summed E-state index contributed by atoms with van der Waals surface area (Å²) in [4.78, 5) is 13.4. The van der Waals surface area contributed by atoms with E-state index in [4.69, 9.17) is 5.11 Å². The highest BCUT2D eigenvalue weighted by atomic mass is 16.4. The number of rotatable bonds is 5. The lowest BCUT2D eigenvalue weighted by molar-refractivity contribution is 0.0697. The smallest absolute Gasteiger partial charge is 0.335 e. The maximum atomic E-state index is 11.0. The first-order valence-electron chi connectivity index (χ1n) is 7.39. The lowest BCUT2D eigenvalue weighted by Crippen LogP contribution is -2.22. The van der Waals surface area contributed by atoms with E-state index in [1.54, 1.807) is 6.07 Å². The van der Waals surface area contributed by atoms with E-state index in [-0.39, 0.29) is 0 Å². The highest BCUT2D eigenvalue weighted by molar-refractivity contribution is 5.88. The summed E-state index contributed by atoms with van der Waals surface area (Å²) in [6.45, 7) is 2.02. The van der Waals surface area contributed by atoms with Gasteiger partial charge in [-0.2, -0.15) is 0 Å². The first kappa shape index (κ1) is 13.7. The Morgan fingerprint density at radius 2 is 1.95 bits per heavy atom. The van der Waals surface area contributed by atoms with Crippen molar-refractivity contribution >= 4 is 11.7 Å². The minimum atomic E-state index is -0.847. The molecule has 0 atom stereocenters. The van der Waals surface area contributed by atoms with Crippen molar-refractivity contribution in [1.29, 1.82) is 0 Å². The molecule has 0 amide bonds. The molecule has 3 nitrogen and oxygen atoms in total. The van der Waals surface area contributed by atoms with E-state index in [0.29, 0.717) is 5.56 Å². The van der Waals surface area contributed by atoms with Crippen molar-refractivity contribution in [3.05, 3.63) is 65.2 Å². The van der Waals surface area contributed by atoms with Gasteiger partial charge in [-0.1, -0.05) is 30.3 Å². The number of fused-ring (bicyclic) bond motifs is 1. The highest BCUT2D eigenvalue weighted by Gasteiger charge is 2.19. The minimum Gasteiger partial charge on any atom is -0.478 e. The average Bonchev–Trinajstić information content (AvgIpc) is 2.91. The zero-order valence-corrected chi connectivity index (χ0v) is 12.0. The number of nitrogens with zero attached hydrogens (tertiary/aromatic N) is 1. The molecular weight excluding hydrogens is 262 g/mol. The topological polar surface area (TPSA) is 40.5 Å². The molecule has 0 unspecified atom stereocenters. The first-order valence-corrected chi connectivity index (χ1v) is 7.39. The van der Waals surface area contributed by atoms with Gasteiger partial charge in [-0.25, -0.2) is 4.79 Å². The second-order valence-corrected chi connectivity index (χ2v) is 5.47. The molecule has 1 aliphatic heterocycles. The number of anilines is 1. The first-order chi connectivity index (χ1) is 10.2. The molecule has 0 aliphatic carbocycles. The van der Waals surface area contributed by atoms with Gasteiger partial charge < -0.3 is 10.0 Å². The van der Waals surface area contributed by atoms with Crippen LogP contribution in [0.25, 0.3) is 0 Å². The summed E-state index contributed by atoms with van der Waals surface area (Å²) in [5, 5.41) is 9.04. The Labute approximate surface area is 124 Å². The summed E-state index contributed by atoms with van der Waals surface area (Å²) in [5.74, 6) is -0.847. The molecule has 0 saturated heterocycles. The van der Waals surface area contributed by atoms with Crippen molar-refractivity contribution < 1.29 is 9.90 Å². The highest BCUT2D eigenvalue weighted by Crippen LogP contribution is 2.29. The van der Waals surface area contributed by atoms with E-state index in [1.165, 1.54) is 11.3 Å². The predicted octanol–water partition coefficient (Wildman–Crippen LogP) is 3.38. The number of carboxylic acid groups (broad SMARTS) is 1. The lowest BCUT2D eigenvalue weighted by atomic mass is 10.1. The Morgan fingerprint density at radius 1 is 1.14 bits per heavy atom. The van der Waals surface area contributed by atoms with E-state index in [1.807, 2.05) is 18.2 Å². The van der Waals surface area contributed by atoms with Gasteiger partial charge in [0.25, 0.3) is 0 Å². The molecule has 1 heterocycles. The van der Waals surface area contributed by atoms with Crippen LogP contribution in [0.1, 0.15) is 27.9 Å². The van der Waals surface area contributed by atoms with Crippen LogP contribution in [0.4, 0.5) is 5.69 Å². The standard InChI is InChI=1S/C18H19NO2/c20-18(21)16-8-9-17-15(13-16)10-12-19(17)11-4-7-14-5-2-1-3-6-14/h1-3,5-6,8-9,13H,4,7,10-12H2,(H,20,21). The monoisotopic (exact) mass is 281 g/mol. The molecule has 108 valence electrons. The van der Waals surface area contributed by atoms with Crippen molar-refractivity contribution in [2.75, 3.05) is 18.0 Å². The molecule has 21 heavy (non-hydrogen) atoms. The van der Waals surface area contributed by atoms with Crippen LogP contribution in [0.2, 0.25) is 0 Å². The number of benzene rings is 2. The molecule has 3 rings (SSSR count). The molecule has 2 aromatic rings. The quantitative estimate of drug-likeness (QED) is 0.913. The number of hydrogen-bond acceptors (Lipinski definition) is 2. The van der Waals surface area contributed by atoms with Crippen LogP contribution in [0, 0.1) is 0 Å². The van der Waals surface area contributed by atoms with Crippen molar-refractivity contribution in [2.24, 2.45) is 0 Å². The number of aromatic carboxylic acids is 1. The van der Waals surface area contributed by atoms with Gasteiger partial charge in [-0.3, -0.25) is 0 Å². The van der Waals surface area contributed by atoms with Crippen LogP contribution in [0.5, 0.6) is 0 Å². The molecular formula is C18H19NO2. The molecule has 0 aromatic heterocycles. The largest absolute Gasteiger partial charge is 0.478 e. The van der Waals surface area contributed by atoms with E-state index in [2.05, 4.69) is 29.2 Å². The fourth-order valence-corrected chi connectivity index (χ4v) is 2.95. The van der Waals surface area contributed by atoms with Gasteiger partial charge in [0.05, 0.1) is 5.56 Å². The van der Waals surface area contributed by atoms with Gasteiger partial charge in [0, 0.05) is 18.8 Å². The van der Waals surface area contributed by atoms with Crippen LogP contribution < -0.4 is 4.90 Å². The third-order valence-electron chi connectivity index (χ3n) is 4.05. The Bertz CT molecular complexity index is 637. The van der Waals surface area contributed by atoms with E-state index in [9.17, 15) is 4.79 Å². The number of hydrogen-bond donors (Lipinski definition) is 1. The summed E-state index contributed by atoms with van der Waals surface area (Å²) >= 11 is 0. The van der Waals surface area contributed by atoms with Crippen LogP contribution in [0.15, 0.2) is 48.5 Å². The van der Waals surface area contributed by atoms with Crippen LogP contribution in [-0.2, 0) is 12.8 Å². The Morgan fingerprint density at radius 3 is 2.71 bits per heavy atom. The zero-order valence-electron chi connectivity index (χ0n) is 12.0. The third-order valence-corrected chi connectivity index (χ3v) is 4.05. The van der Waals surface area contributed by atoms with Gasteiger partial charge in [0.1, 0.15) is 0 Å². The van der Waals surface area contributed by atoms with Gasteiger partial charge in [-0.05, 0) is 48.6 Å². The summed E-state index contributed by atoms with van der Waals surface area (Å²) < 4.78 is 0. The molecule has 2 aromatic carbocycles. The average molecular weight is 281 g/mol. The number of carbonyl (C=O) groups is 1. The summed E-state index contributed by atoms with van der Waals surface area (Å²) in [5.41, 5.74) is 4.13. The second kappa shape index (κ2) is 6.00. The summed E-state index contributed by atoms with van der Waals surface area (Å²) in [6.07, 6.45) is 3.14. The van der Waals surface area contributed by atoms with Crippen molar-refractivity contribution in [1.82, 2.24) is 0 Å². The number of carboxylic acids is 1. The molecule has 0 spiro atoms. The third kappa shape index (κ3) is 3.07. The van der Waals surface area contributed by atoms with Crippen molar-refractivity contribution in [3.8, 4) is 0 Å². The molecule has 0 bridgehead atoms. The molecule has 0 radical (unpaired) electrons. The summed E-state index contributed by atoms with van der Waals surface area (Å²) in [6, 6.07) is 16.0. The molecule has 1 N–H and O–H groups in total. The van der Waals surface area contributed by atoms with Gasteiger partial charge in [0.15, 0.2) is 0 Å². The van der Waals surface area contributed by atoms with E-state index in [0.717, 1.165) is 37.9 Å². The van der Waals surface area contributed by atoms with Crippen molar-refractivity contribution in [3.63, 3.8) is 0 Å². The summed E-state index contributed by atoms with van der Waals surface area (Å²) in [7, 11) is 0. The fraction of sp³-hybridized carbons (Fsp3) is 0.278. The number of aryl methyl sites for hydroxylation is 1. The van der Waals surface area contributed by atoms with Crippen LogP contribution >= 0.6 is 0 Å². The Balaban J connectivity index is 1.61. The van der Waals surface area contributed by atoms with Gasteiger partial charge in [0.2, 0.25) is 0 Å². The van der Waals surface area contributed by atoms with Crippen molar-refractivity contribution in [2.45, 2.75) is 19.3 Å². The SMILES string of the molecule is O=C(O)c1ccc2c(c1)CCN2CCCc1ccccc1.